The summed E-state index contributed by atoms with van der Waals surface area (Å²) >= 11 is 0. The topological polar surface area (TPSA) is 59.1 Å². The fourth-order valence-corrected chi connectivity index (χ4v) is 1.16. The molecular weight excluding hydrogens is 235 g/mol. The van der Waals surface area contributed by atoms with Gasteiger partial charge in [0.05, 0.1) is 0 Å². The lowest BCUT2D eigenvalue weighted by Gasteiger charge is -2.13. The van der Waals surface area contributed by atoms with Crippen molar-refractivity contribution in [2.75, 3.05) is 0 Å². The van der Waals surface area contributed by atoms with Crippen molar-refractivity contribution >= 4 is 0 Å². The third-order valence-electron chi connectivity index (χ3n) is 1.90. The van der Waals surface area contributed by atoms with E-state index in [-0.39, 0.29) is 0 Å². The summed E-state index contributed by atoms with van der Waals surface area (Å²) in [5, 5.41) is 9.16. The van der Waals surface area contributed by atoms with E-state index < -0.39 is 41.7 Å². The summed E-state index contributed by atoms with van der Waals surface area (Å²) in [6.07, 6.45) is -7.58. The Morgan fingerprint density at radius 3 is 2.31 bits per heavy atom. The number of alkyl halides is 5. The quantitative estimate of drug-likeness (QED) is 0.781. The summed E-state index contributed by atoms with van der Waals surface area (Å²) in [7, 11) is 0. The lowest BCUT2D eigenvalue weighted by Crippen LogP contribution is -2.13. The molecule has 0 radical (unpaired) electrons. The molecule has 16 heavy (non-hydrogen) atoms. The van der Waals surface area contributed by atoms with Crippen LogP contribution in [-0.4, -0.2) is 10.1 Å². The molecule has 0 aliphatic carbocycles. The highest BCUT2D eigenvalue weighted by Crippen LogP contribution is 2.38. The third-order valence-corrected chi connectivity index (χ3v) is 1.90. The maximum absolute atomic E-state index is 12.3. The van der Waals surface area contributed by atoms with Gasteiger partial charge in [-0.25, -0.2) is 13.8 Å². The van der Waals surface area contributed by atoms with Crippen LogP contribution in [0.4, 0.5) is 22.0 Å². The fraction of sp³-hybridized carbons (Fsp3) is 0.375. The molecule has 0 saturated carbocycles. The number of nitrogens with zero attached hydrogens (tertiary/aromatic N) is 1. The van der Waals surface area contributed by atoms with Crippen molar-refractivity contribution in [2.45, 2.75) is 19.1 Å². The van der Waals surface area contributed by atoms with Crippen LogP contribution in [-0.2, 0) is 12.7 Å². The number of halogens is 5. The van der Waals surface area contributed by atoms with Crippen molar-refractivity contribution in [1.82, 2.24) is 4.98 Å². The van der Waals surface area contributed by atoms with Crippen LogP contribution in [0.1, 0.15) is 23.2 Å². The number of hydrogen-bond acceptors (Lipinski definition) is 3. The van der Waals surface area contributed by atoms with E-state index in [1.807, 2.05) is 0 Å². The zero-order valence-electron chi connectivity index (χ0n) is 7.72. The molecule has 1 aromatic heterocycles. The predicted octanol–water partition coefficient (Wildman–Crippen LogP) is 2.20. The van der Waals surface area contributed by atoms with Gasteiger partial charge in [0, 0.05) is 23.9 Å². The molecule has 0 aromatic carbocycles. The highest BCUT2D eigenvalue weighted by atomic mass is 19.4. The van der Waals surface area contributed by atoms with Crippen LogP contribution >= 0.6 is 0 Å². The van der Waals surface area contributed by atoms with Crippen LogP contribution in [0.2, 0.25) is 0 Å². The van der Waals surface area contributed by atoms with Gasteiger partial charge in [0.15, 0.2) is 11.4 Å². The molecule has 1 rings (SSSR count). The van der Waals surface area contributed by atoms with Gasteiger partial charge in [0.2, 0.25) is 0 Å². The lowest BCUT2D eigenvalue weighted by atomic mass is 10.1. The zero-order valence-corrected chi connectivity index (χ0v) is 7.72. The molecule has 1 heterocycles. The first-order valence-electron chi connectivity index (χ1n) is 4.05. The Balaban J connectivity index is 3.41. The van der Waals surface area contributed by atoms with Crippen molar-refractivity contribution in [3.63, 3.8) is 0 Å². The molecule has 0 aliphatic heterocycles. The van der Waals surface area contributed by atoms with E-state index in [1.54, 1.807) is 0 Å². The highest BCUT2D eigenvalue weighted by molar-refractivity contribution is 5.42. The number of hydrogen-bond donors (Lipinski definition) is 2. The standard InChI is InChI=1S/C8H7F5N2O/c9-7(10)4-2-15-6(8(11,12)13)5(16)3(4)1-14/h2,7,16H,1,14H2. The van der Waals surface area contributed by atoms with Gasteiger partial charge in [0.1, 0.15) is 0 Å². The Kier molecular flexibility index (Phi) is 3.32. The minimum atomic E-state index is -4.91. The molecule has 0 aliphatic rings. The Hall–Kier alpha value is -1.44. The van der Waals surface area contributed by atoms with Gasteiger partial charge in [-0.3, -0.25) is 0 Å². The summed E-state index contributed by atoms with van der Waals surface area (Å²) in [4.78, 5) is 2.77. The monoisotopic (exact) mass is 242 g/mol. The van der Waals surface area contributed by atoms with Crippen LogP contribution < -0.4 is 5.73 Å². The number of aromatic nitrogens is 1. The minimum absolute atomic E-state index is 0.370. The smallest absolute Gasteiger partial charge is 0.437 e. The number of pyridine rings is 1. The molecule has 8 heteroatoms. The van der Waals surface area contributed by atoms with E-state index in [2.05, 4.69) is 4.98 Å². The average Bonchev–Trinajstić information content (AvgIpc) is 2.14. The molecule has 0 saturated heterocycles. The first kappa shape index (κ1) is 12.6. The highest BCUT2D eigenvalue weighted by Gasteiger charge is 2.37. The minimum Gasteiger partial charge on any atom is -0.505 e. The van der Waals surface area contributed by atoms with Crippen LogP contribution in [0.25, 0.3) is 0 Å². The molecule has 0 amide bonds. The van der Waals surface area contributed by atoms with Gasteiger partial charge >= 0.3 is 6.18 Å². The molecule has 3 N–H and O–H groups in total. The van der Waals surface area contributed by atoms with Gasteiger partial charge in [-0.05, 0) is 0 Å². The summed E-state index contributed by atoms with van der Waals surface area (Å²) in [5.41, 5.74) is 1.96. The average molecular weight is 242 g/mol. The summed E-state index contributed by atoms with van der Waals surface area (Å²) < 4.78 is 61.4. The summed E-state index contributed by atoms with van der Waals surface area (Å²) in [5.74, 6) is -1.34. The van der Waals surface area contributed by atoms with Crippen LogP contribution in [0, 0.1) is 0 Å². The van der Waals surface area contributed by atoms with Gasteiger partial charge in [-0.15, -0.1) is 0 Å². The summed E-state index contributed by atoms with van der Waals surface area (Å²) in [6.45, 7) is -0.628. The second-order valence-electron chi connectivity index (χ2n) is 2.89. The van der Waals surface area contributed by atoms with Gasteiger partial charge in [0.25, 0.3) is 6.43 Å². The molecule has 0 bridgehead atoms. The van der Waals surface area contributed by atoms with E-state index in [0.717, 1.165) is 0 Å². The molecule has 0 unspecified atom stereocenters. The lowest BCUT2D eigenvalue weighted by molar-refractivity contribution is -0.142. The van der Waals surface area contributed by atoms with Crippen molar-refractivity contribution in [1.29, 1.82) is 0 Å². The van der Waals surface area contributed by atoms with E-state index >= 15 is 0 Å². The molecule has 1 aromatic rings. The Morgan fingerprint density at radius 1 is 1.38 bits per heavy atom. The Bertz CT molecular complexity index is 391. The number of aromatic hydroxyl groups is 1. The van der Waals surface area contributed by atoms with Crippen molar-refractivity contribution < 1.29 is 27.1 Å². The molecule has 3 nitrogen and oxygen atoms in total. The maximum Gasteiger partial charge on any atom is 0.437 e. The van der Waals surface area contributed by atoms with Gasteiger partial charge in [-0.1, -0.05) is 0 Å². The van der Waals surface area contributed by atoms with Crippen molar-refractivity contribution in [3.8, 4) is 5.75 Å². The van der Waals surface area contributed by atoms with Crippen LogP contribution in [0.5, 0.6) is 5.75 Å². The first-order chi connectivity index (χ1) is 7.29. The van der Waals surface area contributed by atoms with E-state index in [9.17, 15) is 22.0 Å². The molecular formula is C8H7F5N2O. The maximum atomic E-state index is 12.3. The Labute approximate surface area is 86.7 Å². The zero-order chi connectivity index (χ0) is 12.5. The van der Waals surface area contributed by atoms with E-state index in [0.29, 0.717) is 6.20 Å². The van der Waals surface area contributed by atoms with Crippen LogP contribution in [0.3, 0.4) is 0 Å². The molecule has 90 valence electrons. The number of nitrogens with two attached hydrogens (primary N) is 1. The normalized spacial score (nSPS) is 12.2. The van der Waals surface area contributed by atoms with Gasteiger partial charge in [-0.2, -0.15) is 13.2 Å². The number of rotatable bonds is 2. The van der Waals surface area contributed by atoms with Gasteiger partial charge < -0.3 is 10.8 Å². The first-order valence-corrected chi connectivity index (χ1v) is 4.05. The Morgan fingerprint density at radius 2 is 1.94 bits per heavy atom. The largest absolute Gasteiger partial charge is 0.505 e. The van der Waals surface area contributed by atoms with Crippen molar-refractivity contribution in [2.24, 2.45) is 5.73 Å². The fourth-order valence-electron chi connectivity index (χ4n) is 1.16. The third kappa shape index (κ3) is 2.21. The van der Waals surface area contributed by atoms with Crippen LogP contribution in [0.15, 0.2) is 6.20 Å². The SMILES string of the molecule is NCc1c(C(F)F)cnc(C(F)(F)F)c1O. The molecule has 0 spiro atoms. The van der Waals surface area contributed by atoms with Crippen molar-refractivity contribution in [3.05, 3.63) is 23.0 Å². The second kappa shape index (κ2) is 4.20. The molecule has 0 fully saturated rings. The van der Waals surface area contributed by atoms with E-state index in [1.165, 1.54) is 0 Å². The summed E-state index contributed by atoms with van der Waals surface area (Å²) in [6, 6.07) is 0. The second-order valence-corrected chi connectivity index (χ2v) is 2.89. The predicted molar refractivity (Wildman–Crippen MR) is 43.8 cm³/mol. The molecule has 0 atom stereocenters. The van der Waals surface area contributed by atoms with E-state index in [4.69, 9.17) is 10.8 Å².